The molecule has 6 heteroatoms. The van der Waals surface area contributed by atoms with Crippen molar-refractivity contribution in [3.8, 4) is 0 Å². The quantitative estimate of drug-likeness (QED) is 0.881. The lowest BCUT2D eigenvalue weighted by Gasteiger charge is -2.27. The molecule has 3 heterocycles. The molecule has 1 atom stereocenters. The van der Waals surface area contributed by atoms with E-state index in [1.54, 1.807) is 24.8 Å². The topological polar surface area (TPSA) is 50.3 Å². The zero-order chi connectivity index (χ0) is 13.8. The van der Waals surface area contributed by atoms with Gasteiger partial charge in [0, 0.05) is 26.2 Å². The third-order valence-electron chi connectivity index (χ3n) is 3.71. The van der Waals surface area contributed by atoms with Crippen LogP contribution in [0.2, 0.25) is 0 Å². The summed E-state index contributed by atoms with van der Waals surface area (Å²) in [5.41, 5.74) is 0. The van der Waals surface area contributed by atoms with Gasteiger partial charge in [-0.1, -0.05) is 0 Å². The molecule has 0 saturated carbocycles. The van der Waals surface area contributed by atoms with Crippen LogP contribution in [-0.2, 0) is 4.74 Å². The number of hydrogen-bond acceptors (Lipinski definition) is 6. The Hall–Kier alpha value is -1.24. The van der Waals surface area contributed by atoms with E-state index < -0.39 is 0 Å². The summed E-state index contributed by atoms with van der Waals surface area (Å²) in [5.74, 6) is 1.03. The Morgan fingerprint density at radius 1 is 1.50 bits per heavy atom. The van der Waals surface area contributed by atoms with Crippen molar-refractivity contribution in [1.82, 2.24) is 15.3 Å². The molecule has 1 unspecified atom stereocenters. The van der Waals surface area contributed by atoms with Crippen LogP contribution in [0, 0.1) is 0 Å². The minimum absolute atomic E-state index is 0.551. The highest BCUT2D eigenvalue weighted by Gasteiger charge is 2.20. The third kappa shape index (κ3) is 2.92. The minimum atomic E-state index is 0.551. The number of aromatic nitrogens is 2. The fourth-order valence-corrected chi connectivity index (χ4v) is 3.42. The molecule has 3 rings (SSSR count). The molecule has 0 radical (unpaired) electrons. The first kappa shape index (κ1) is 13.7. The second kappa shape index (κ2) is 6.47. The average molecular weight is 292 g/mol. The first-order valence-electron chi connectivity index (χ1n) is 7.04. The second-order valence-corrected chi connectivity index (χ2v) is 5.96. The van der Waals surface area contributed by atoms with E-state index in [1.807, 2.05) is 0 Å². The smallest absolute Gasteiger partial charge is 0.140 e. The Kier molecular flexibility index (Phi) is 4.44. The molecule has 1 N–H and O–H groups in total. The summed E-state index contributed by atoms with van der Waals surface area (Å²) < 4.78 is 5.25. The highest BCUT2D eigenvalue weighted by atomic mass is 32.1. The molecular formula is C14H20N4OS. The van der Waals surface area contributed by atoms with Gasteiger partial charge in [0.25, 0.3) is 0 Å². The maximum absolute atomic E-state index is 5.25. The van der Waals surface area contributed by atoms with Crippen molar-refractivity contribution in [2.75, 3.05) is 38.3 Å². The van der Waals surface area contributed by atoms with Gasteiger partial charge in [-0.2, -0.15) is 0 Å². The van der Waals surface area contributed by atoms with E-state index in [0.717, 1.165) is 35.7 Å². The van der Waals surface area contributed by atoms with Crippen LogP contribution in [0.15, 0.2) is 17.8 Å². The number of nitrogens with zero attached hydrogens (tertiary/aromatic N) is 3. The molecule has 0 bridgehead atoms. The van der Waals surface area contributed by atoms with Crippen LogP contribution in [-0.4, -0.2) is 49.4 Å². The van der Waals surface area contributed by atoms with Gasteiger partial charge in [0.1, 0.15) is 17.0 Å². The van der Waals surface area contributed by atoms with E-state index in [4.69, 9.17) is 4.74 Å². The molecule has 1 aliphatic heterocycles. The van der Waals surface area contributed by atoms with Crippen LogP contribution in [0.1, 0.15) is 12.8 Å². The lowest BCUT2D eigenvalue weighted by molar-refractivity contribution is 0.204. The first-order chi connectivity index (χ1) is 9.88. The maximum Gasteiger partial charge on any atom is 0.140 e. The van der Waals surface area contributed by atoms with E-state index in [9.17, 15) is 0 Å². The van der Waals surface area contributed by atoms with Gasteiger partial charge in [-0.05, 0) is 30.8 Å². The zero-order valence-corrected chi connectivity index (χ0v) is 12.5. The van der Waals surface area contributed by atoms with Gasteiger partial charge >= 0.3 is 0 Å². The van der Waals surface area contributed by atoms with Crippen molar-refractivity contribution < 1.29 is 4.74 Å². The zero-order valence-electron chi connectivity index (χ0n) is 11.7. The normalized spacial score (nSPS) is 18.8. The van der Waals surface area contributed by atoms with Gasteiger partial charge in [0.2, 0.25) is 0 Å². The van der Waals surface area contributed by atoms with E-state index in [0.29, 0.717) is 12.6 Å². The van der Waals surface area contributed by atoms with Crippen molar-refractivity contribution in [3.05, 3.63) is 17.8 Å². The van der Waals surface area contributed by atoms with Crippen molar-refractivity contribution in [3.63, 3.8) is 0 Å². The lowest BCUT2D eigenvalue weighted by Crippen LogP contribution is -2.39. The van der Waals surface area contributed by atoms with Gasteiger partial charge in [-0.25, -0.2) is 9.97 Å². The molecular weight excluding hydrogens is 272 g/mol. The molecule has 0 amide bonds. The van der Waals surface area contributed by atoms with Crippen LogP contribution in [0.25, 0.3) is 10.2 Å². The van der Waals surface area contributed by atoms with E-state index in [2.05, 4.69) is 31.6 Å². The summed E-state index contributed by atoms with van der Waals surface area (Å²) in [6.07, 6.45) is 4.16. The summed E-state index contributed by atoms with van der Waals surface area (Å²) in [5, 5.41) is 6.77. The number of anilines is 1. The lowest BCUT2D eigenvalue weighted by atomic mass is 10.2. The van der Waals surface area contributed by atoms with Crippen LogP contribution in [0.3, 0.4) is 0 Å². The largest absolute Gasteiger partial charge is 0.383 e. The molecule has 2 aromatic heterocycles. The van der Waals surface area contributed by atoms with Gasteiger partial charge in [-0.15, -0.1) is 11.3 Å². The molecule has 0 spiro atoms. The number of rotatable bonds is 6. The Bertz CT molecular complexity index is 553. The van der Waals surface area contributed by atoms with E-state index in [1.165, 1.54) is 12.8 Å². The summed E-state index contributed by atoms with van der Waals surface area (Å²) in [4.78, 5) is 12.2. The molecule has 20 heavy (non-hydrogen) atoms. The number of thiophene rings is 1. The van der Waals surface area contributed by atoms with Crippen molar-refractivity contribution in [1.29, 1.82) is 0 Å². The fraction of sp³-hybridized carbons (Fsp3) is 0.571. The number of hydrogen-bond donors (Lipinski definition) is 1. The van der Waals surface area contributed by atoms with Crippen molar-refractivity contribution in [2.24, 2.45) is 0 Å². The van der Waals surface area contributed by atoms with Gasteiger partial charge in [-0.3, -0.25) is 0 Å². The summed E-state index contributed by atoms with van der Waals surface area (Å²) in [6, 6.07) is 2.66. The number of ether oxygens (including phenoxy) is 1. The molecule has 5 nitrogen and oxygen atoms in total. The Labute approximate surface area is 123 Å². The average Bonchev–Trinajstić information content (AvgIpc) is 3.13. The van der Waals surface area contributed by atoms with Gasteiger partial charge < -0.3 is 15.0 Å². The molecule has 1 saturated heterocycles. The second-order valence-electron chi connectivity index (χ2n) is 5.07. The van der Waals surface area contributed by atoms with Gasteiger partial charge in [0.15, 0.2) is 0 Å². The molecule has 0 aliphatic carbocycles. The van der Waals surface area contributed by atoms with E-state index in [-0.39, 0.29) is 0 Å². The standard InChI is InChI=1S/C14H20N4OS/c1-19-7-6-18(9-11-3-2-5-15-11)13-12-4-8-20-14(12)17-10-16-13/h4,8,10-11,15H,2-3,5-7,9H2,1H3. The van der Waals surface area contributed by atoms with Crippen molar-refractivity contribution >= 4 is 27.4 Å². The van der Waals surface area contributed by atoms with Crippen molar-refractivity contribution in [2.45, 2.75) is 18.9 Å². The molecule has 1 aliphatic rings. The summed E-state index contributed by atoms with van der Waals surface area (Å²) in [7, 11) is 1.74. The van der Waals surface area contributed by atoms with Crippen LogP contribution in [0.4, 0.5) is 5.82 Å². The Morgan fingerprint density at radius 3 is 3.25 bits per heavy atom. The van der Waals surface area contributed by atoms with Crippen LogP contribution < -0.4 is 10.2 Å². The summed E-state index contributed by atoms with van der Waals surface area (Å²) in [6.45, 7) is 3.67. The minimum Gasteiger partial charge on any atom is -0.383 e. The summed E-state index contributed by atoms with van der Waals surface area (Å²) >= 11 is 1.66. The molecule has 108 valence electrons. The number of nitrogens with one attached hydrogen (secondary N) is 1. The molecule has 2 aromatic rings. The van der Waals surface area contributed by atoms with Gasteiger partial charge in [0.05, 0.1) is 12.0 Å². The SMILES string of the molecule is COCCN(CC1CCCN1)c1ncnc2sccc12. The Morgan fingerprint density at radius 2 is 2.45 bits per heavy atom. The van der Waals surface area contributed by atoms with E-state index >= 15 is 0 Å². The fourth-order valence-electron chi connectivity index (χ4n) is 2.69. The molecule has 1 fully saturated rings. The number of methoxy groups -OCH3 is 1. The third-order valence-corrected chi connectivity index (χ3v) is 4.53. The predicted molar refractivity (Wildman–Crippen MR) is 82.5 cm³/mol. The maximum atomic E-state index is 5.25. The highest BCUT2D eigenvalue weighted by Crippen LogP contribution is 2.27. The predicted octanol–water partition coefficient (Wildman–Crippen LogP) is 1.90. The number of fused-ring (bicyclic) bond motifs is 1. The monoisotopic (exact) mass is 292 g/mol. The first-order valence-corrected chi connectivity index (χ1v) is 7.92. The van der Waals surface area contributed by atoms with Crippen LogP contribution >= 0.6 is 11.3 Å². The molecule has 0 aromatic carbocycles. The Balaban J connectivity index is 1.84. The highest BCUT2D eigenvalue weighted by molar-refractivity contribution is 7.16. The van der Waals surface area contributed by atoms with Crippen LogP contribution in [0.5, 0.6) is 0 Å².